The van der Waals surface area contributed by atoms with E-state index in [-0.39, 0.29) is 36.9 Å². The maximum atomic E-state index is 13.2. The number of ketones is 1. The van der Waals surface area contributed by atoms with Crippen molar-refractivity contribution in [3.63, 3.8) is 0 Å². The summed E-state index contributed by atoms with van der Waals surface area (Å²) in [6.45, 7) is 7.19. The van der Waals surface area contributed by atoms with E-state index in [1.165, 1.54) is 24.1 Å². The number of halogens is 1. The van der Waals surface area contributed by atoms with Crippen molar-refractivity contribution in [3.05, 3.63) is 100 Å². The molecule has 1 amide bonds. The van der Waals surface area contributed by atoms with Crippen molar-refractivity contribution >= 4 is 17.4 Å². The SMILES string of the molecule is COCCN1C(=O)C(=O)/C(=C(\O)c2ccc(OCC(C)C)c(C)c2)C1c1ccc(OCc2ccc(F)cc2)cc1. The maximum absolute atomic E-state index is 13.2. The number of Topliss-reactive ketones (excluding diaryl/α,β-unsaturated/α-hetero) is 1. The molecule has 1 aliphatic rings. The zero-order chi connectivity index (χ0) is 28.8. The van der Waals surface area contributed by atoms with Crippen molar-refractivity contribution in [2.45, 2.75) is 33.4 Å². The number of likely N-dealkylation sites (tertiary alicyclic amines) is 1. The second kappa shape index (κ2) is 12.8. The molecule has 0 aromatic heterocycles. The van der Waals surface area contributed by atoms with E-state index in [9.17, 15) is 19.1 Å². The number of aryl methyl sites for hydroxylation is 1. The lowest BCUT2D eigenvalue weighted by Gasteiger charge is -2.25. The highest BCUT2D eigenvalue weighted by atomic mass is 19.1. The first-order valence-corrected chi connectivity index (χ1v) is 13.2. The van der Waals surface area contributed by atoms with Crippen LogP contribution < -0.4 is 9.47 Å². The molecule has 1 aliphatic heterocycles. The Balaban J connectivity index is 1.65. The third-order valence-corrected chi connectivity index (χ3v) is 6.61. The molecule has 4 rings (SSSR count). The fourth-order valence-corrected chi connectivity index (χ4v) is 4.51. The summed E-state index contributed by atoms with van der Waals surface area (Å²) in [6, 6.07) is 17.4. The van der Waals surface area contributed by atoms with Crippen LogP contribution in [0.25, 0.3) is 5.76 Å². The average molecular weight is 548 g/mol. The number of aliphatic hydroxyl groups is 1. The molecule has 1 N–H and O–H groups in total. The summed E-state index contributed by atoms with van der Waals surface area (Å²) in [5.74, 6) is -0.409. The summed E-state index contributed by atoms with van der Waals surface area (Å²) in [5, 5.41) is 11.4. The topological polar surface area (TPSA) is 85.3 Å². The van der Waals surface area contributed by atoms with Crippen molar-refractivity contribution in [2.24, 2.45) is 5.92 Å². The Kier molecular flexibility index (Phi) is 9.22. The van der Waals surface area contributed by atoms with Gasteiger partial charge in [-0.2, -0.15) is 0 Å². The van der Waals surface area contributed by atoms with Crippen LogP contribution in [-0.4, -0.2) is 48.6 Å². The molecule has 3 aromatic carbocycles. The van der Waals surface area contributed by atoms with Crippen LogP contribution in [0.3, 0.4) is 0 Å². The number of rotatable bonds is 11. The highest BCUT2D eigenvalue weighted by molar-refractivity contribution is 6.46. The van der Waals surface area contributed by atoms with Crippen molar-refractivity contribution < 1.29 is 33.3 Å². The van der Waals surface area contributed by atoms with Gasteiger partial charge in [-0.15, -0.1) is 0 Å². The number of ether oxygens (including phenoxy) is 3. The number of hydrogen-bond acceptors (Lipinski definition) is 6. The van der Waals surface area contributed by atoms with Gasteiger partial charge in [0.1, 0.15) is 29.7 Å². The van der Waals surface area contributed by atoms with Gasteiger partial charge < -0.3 is 24.2 Å². The van der Waals surface area contributed by atoms with Gasteiger partial charge in [-0.25, -0.2) is 4.39 Å². The van der Waals surface area contributed by atoms with Crippen LogP contribution >= 0.6 is 0 Å². The number of nitrogens with zero attached hydrogens (tertiary/aromatic N) is 1. The van der Waals surface area contributed by atoms with Gasteiger partial charge in [0.2, 0.25) is 0 Å². The van der Waals surface area contributed by atoms with Crippen LogP contribution in [0.1, 0.15) is 42.1 Å². The molecule has 0 bridgehead atoms. The number of hydrogen-bond donors (Lipinski definition) is 1. The Morgan fingerprint density at radius 1 is 1.00 bits per heavy atom. The van der Waals surface area contributed by atoms with Crippen molar-refractivity contribution in [1.82, 2.24) is 4.90 Å². The molecule has 7 nitrogen and oxygen atoms in total. The third kappa shape index (κ3) is 6.51. The third-order valence-electron chi connectivity index (χ3n) is 6.61. The molecule has 1 heterocycles. The lowest BCUT2D eigenvalue weighted by Crippen LogP contribution is -2.32. The van der Waals surface area contributed by atoms with Crippen LogP contribution in [0.5, 0.6) is 11.5 Å². The van der Waals surface area contributed by atoms with Gasteiger partial charge in [-0.05, 0) is 72.0 Å². The molecule has 210 valence electrons. The normalized spacial score (nSPS) is 16.6. The van der Waals surface area contributed by atoms with Gasteiger partial charge in [0.05, 0.1) is 24.8 Å². The Labute approximate surface area is 233 Å². The van der Waals surface area contributed by atoms with Gasteiger partial charge in [-0.1, -0.05) is 38.1 Å². The van der Waals surface area contributed by atoms with E-state index in [0.29, 0.717) is 35.2 Å². The second-order valence-electron chi connectivity index (χ2n) is 10.2. The van der Waals surface area contributed by atoms with Crippen molar-refractivity contribution in [2.75, 3.05) is 26.9 Å². The number of carbonyl (C=O) groups is 2. The summed E-state index contributed by atoms with van der Waals surface area (Å²) < 4.78 is 30.0. The number of amides is 1. The highest BCUT2D eigenvalue weighted by Crippen LogP contribution is 2.40. The quantitative estimate of drug-likeness (QED) is 0.185. The minimum atomic E-state index is -0.807. The van der Waals surface area contributed by atoms with E-state index in [4.69, 9.17) is 14.2 Å². The zero-order valence-corrected chi connectivity index (χ0v) is 23.1. The van der Waals surface area contributed by atoms with Crippen LogP contribution in [-0.2, 0) is 20.9 Å². The van der Waals surface area contributed by atoms with Gasteiger partial charge >= 0.3 is 0 Å². The Hall–Kier alpha value is -4.17. The van der Waals surface area contributed by atoms with Crippen LogP contribution in [0, 0.1) is 18.7 Å². The van der Waals surface area contributed by atoms with E-state index in [0.717, 1.165) is 11.1 Å². The summed E-state index contributed by atoms with van der Waals surface area (Å²) in [7, 11) is 1.52. The van der Waals surface area contributed by atoms with E-state index >= 15 is 0 Å². The van der Waals surface area contributed by atoms with E-state index < -0.39 is 17.7 Å². The Bertz CT molecular complexity index is 1380. The molecule has 0 saturated carbocycles. The summed E-state index contributed by atoms with van der Waals surface area (Å²) in [5.41, 5.74) is 2.69. The smallest absolute Gasteiger partial charge is 0.295 e. The molecule has 0 spiro atoms. The molecule has 3 aromatic rings. The van der Waals surface area contributed by atoms with Gasteiger partial charge in [0.25, 0.3) is 11.7 Å². The number of methoxy groups -OCH3 is 1. The molecule has 1 fully saturated rings. The highest BCUT2D eigenvalue weighted by Gasteiger charge is 2.45. The van der Waals surface area contributed by atoms with Crippen LogP contribution in [0.15, 0.2) is 72.3 Å². The second-order valence-corrected chi connectivity index (χ2v) is 10.2. The first-order chi connectivity index (χ1) is 19.2. The fourth-order valence-electron chi connectivity index (χ4n) is 4.51. The van der Waals surface area contributed by atoms with E-state index in [1.807, 2.05) is 6.92 Å². The minimum absolute atomic E-state index is 0.0105. The number of benzene rings is 3. The van der Waals surface area contributed by atoms with Crippen LogP contribution in [0.2, 0.25) is 0 Å². The van der Waals surface area contributed by atoms with E-state index in [1.54, 1.807) is 54.6 Å². The lowest BCUT2D eigenvalue weighted by molar-refractivity contribution is -0.140. The van der Waals surface area contributed by atoms with Crippen LogP contribution in [0.4, 0.5) is 4.39 Å². The largest absolute Gasteiger partial charge is 0.507 e. The van der Waals surface area contributed by atoms with Gasteiger partial charge in [0, 0.05) is 19.2 Å². The van der Waals surface area contributed by atoms with Crippen molar-refractivity contribution in [1.29, 1.82) is 0 Å². The van der Waals surface area contributed by atoms with Crippen molar-refractivity contribution in [3.8, 4) is 11.5 Å². The van der Waals surface area contributed by atoms with Gasteiger partial charge in [-0.3, -0.25) is 9.59 Å². The molecule has 1 saturated heterocycles. The fraction of sp³-hybridized carbons (Fsp3) is 0.312. The summed E-state index contributed by atoms with van der Waals surface area (Å²) in [4.78, 5) is 27.7. The molecular weight excluding hydrogens is 513 g/mol. The molecule has 1 unspecified atom stereocenters. The molecular formula is C32H34FNO6. The molecule has 0 radical (unpaired) electrons. The number of carbonyl (C=O) groups excluding carboxylic acids is 2. The Morgan fingerprint density at radius 2 is 1.70 bits per heavy atom. The van der Waals surface area contributed by atoms with Gasteiger partial charge in [0.15, 0.2) is 0 Å². The predicted octanol–water partition coefficient (Wildman–Crippen LogP) is 5.82. The molecule has 8 heteroatoms. The lowest BCUT2D eigenvalue weighted by atomic mass is 9.94. The Morgan fingerprint density at radius 3 is 2.33 bits per heavy atom. The maximum Gasteiger partial charge on any atom is 0.295 e. The average Bonchev–Trinajstić information content (AvgIpc) is 3.19. The molecule has 1 atom stereocenters. The summed E-state index contributed by atoms with van der Waals surface area (Å²) >= 11 is 0. The minimum Gasteiger partial charge on any atom is -0.507 e. The number of aliphatic hydroxyl groups excluding tert-OH is 1. The van der Waals surface area contributed by atoms with E-state index in [2.05, 4.69) is 13.8 Å². The molecule has 0 aliphatic carbocycles. The zero-order valence-electron chi connectivity index (χ0n) is 23.1. The first kappa shape index (κ1) is 28.8. The first-order valence-electron chi connectivity index (χ1n) is 13.2. The predicted molar refractivity (Wildman–Crippen MR) is 150 cm³/mol. The monoisotopic (exact) mass is 547 g/mol. The standard InChI is InChI=1S/C32H34FNO6/c1-20(2)18-40-27-14-9-24(17-21(27)3)30(35)28-29(34(15-16-38-4)32(37)31(28)36)23-7-12-26(13-8-23)39-19-22-5-10-25(33)11-6-22/h5-14,17,20,29,35H,15-16,18-19H2,1-4H3/b30-28-. The summed E-state index contributed by atoms with van der Waals surface area (Å²) in [6.07, 6.45) is 0. The molecule has 40 heavy (non-hydrogen) atoms.